The molecule has 1 aliphatic heterocycles. The number of rotatable bonds is 7. The van der Waals surface area contributed by atoms with Crippen molar-refractivity contribution >= 4 is 37.7 Å². The molecule has 28 heavy (non-hydrogen) atoms. The summed E-state index contributed by atoms with van der Waals surface area (Å²) >= 11 is 4.73. The lowest BCUT2D eigenvalue weighted by Crippen LogP contribution is -2.39. The molecule has 1 unspecified atom stereocenters. The number of sulfonamides is 1. The van der Waals surface area contributed by atoms with Crippen LogP contribution in [0.2, 0.25) is 0 Å². The van der Waals surface area contributed by atoms with Gasteiger partial charge in [-0.1, -0.05) is 34.1 Å². The molecule has 0 radical (unpaired) electrons. The molecule has 1 heterocycles. The van der Waals surface area contributed by atoms with Crippen LogP contribution < -0.4 is 0 Å². The van der Waals surface area contributed by atoms with Gasteiger partial charge in [0.2, 0.25) is 10.0 Å². The van der Waals surface area contributed by atoms with E-state index in [2.05, 4.69) is 15.9 Å². The molecule has 0 saturated heterocycles. The maximum absolute atomic E-state index is 13.2. The lowest BCUT2D eigenvalue weighted by atomic mass is 10.1. The second-order valence-corrected chi connectivity index (χ2v) is 10.6. The average molecular weight is 494 g/mol. The van der Waals surface area contributed by atoms with Crippen LogP contribution >= 0.6 is 27.7 Å². The summed E-state index contributed by atoms with van der Waals surface area (Å²) in [5, 5.41) is -0.364. The van der Waals surface area contributed by atoms with Crippen LogP contribution in [0, 0.1) is 0 Å². The SMILES string of the molecule is O=S(=O)(c1ccc(Br)cc1)N(CCCCC(F)(F)F)C1Cc2ccccc2S1. The van der Waals surface area contributed by atoms with E-state index in [4.69, 9.17) is 0 Å². The zero-order chi connectivity index (χ0) is 20.4. The zero-order valence-corrected chi connectivity index (χ0v) is 18.0. The van der Waals surface area contributed by atoms with Gasteiger partial charge in [-0.15, -0.1) is 11.8 Å². The number of hydrogen-bond donors (Lipinski definition) is 0. The van der Waals surface area contributed by atoms with Crippen molar-refractivity contribution in [2.45, 2.75) is 47.0 Å². The fourth-order valence-electron chi connectivity index (χ4n) is 3.08. The Morgan fingerprint density at radius 1 is 1.07 bits per heavy atom. The summed E-state index contributed by atoms with van der Waals surface area (Å²) in [6.45, 7) is 0.0557. The highest BCUT2D eigenvalue weighted by atomic mass is 79.9. The maximum atomic E-state index is 13.2. The molecule has 1 aliphatic rings. The zero-order valence-electron chi connectivity index (χ0n) is 14.8. The molecule has 3 nitrogen and oxygen atoms in total. The number of unbranched alkanes of at least 4 members (excludes halogenated alkanes) is 1. The third-order valence-corrected chi connectivity index (χ3v) is 8.39. The number of thioether (sulfide) groups is 1. The summed E-state index contributed by atoms with van der Waals surface area (Å²) in [5.41, 5.74) is 1.06. The Morgan fingerprint density at radius 3 is 2.39 bits per heavy atom. The van der Waals surface area contributed by atoms with Gasteiger partial charge in [-0.05, 0) is 55.2 Å². The molecular weight excluding hydrogens is 475 g/mol. The minimum Gasteiger partial charge on any atom is -0.207 e. The van der Waals surface area contributed by atoms with Gasteiger partial charge in [0, 0.05) is 22.3 Å². The first-order valence-electron chi connectivity index (χ1n) is 8.75. The van der Waals surface area contributed by atoms with E-state index in [0.29, 0.717) is 6.42 Å². The minimum atomic E-state index is -4.23. The summed E-state index contributed by atoms with van der Waals surface area (Å²) in [5.74, 6) is 0. The van der Waals surface area contributed by atoms with E-state index in [1.54, 1.807) is 12.1 Å². The summed E-state index contributed by atoms with van der Waals surface area (Å²) in [6.07, 6.45) is -4.54. The highest BCUT2D eigenvalue weighted by Crippen LogP contribution is 2.40. The molecule has 0 spiro atoms. The molecule has 2 aromatic rings. The largest absolute Gasteiger partial charge is 0.389 e. The Morgan fingerprint density at radius 2 is 1.75 bits per heavy atom. The van der Waals surface area contributed by atoms with Gasteiger partial charge in [-0.25, -0.2) is 8.42 Å². The van der Waals surface area contributed by atoms with Crippen LogP contribution in [0.4, 0.5) is 13.2 Å². The van der Waals surface area contributed by atoms with Crippen LogP contribution in [-0.4, -0.2) is 30.8 Å². The van der Waals surface area contributed by atoms with Crippen molar-refractivity contribution in [3.63, 3.8) is 0 Å². The van der Waals surface area contributed by atoms with Crippen molar-refractivity contribution in [3.05, 3.63) is 58.6 Å². The first-order valence-corrected chi connectivity index (χ1v) is 11.9. The summed E-state index contributed by atoms with van der Waals surface area (Å²) in [7, 11) is -3.82. The number of fused-ring (bicyclic) bond motifs is 1. The third kappa shape index (κ3) is 5.31. The normalized spacial score (nSPS) is 17.1. The molecule has 0 bridgehead atoms. The van der Waals surface area contributed by atoms with Gasteiger partial charge in [-0.2, -0.15) is 17.5 Å². The maximum Gasteiger partial charge on any atom is 0.389 e. The Bertz CT molecular complexity index is 893. The smallest absolute Gasteiger partial charge is 0.207 e. The van der Waals surface area contributed by atoms with Gasteiger partial charge in [0.25, 0.3) is 0 Å². The predicted octanol–water partition coefficient (Wildman–Crippen LogP) is 5.85. The van der Waals surface area contributed by atoms with E-state index in [9.17, 15) is 21.6 Å². The van der Waals surface area contributed by atoms with Gasteiger partial charge in [0.1, 0.15) is 0 Å². The Balaban J connectivity index is 1.81. The second kappa shape index (κ2) is 8.77. The summed E-state index contributed by atoms with van der Waals surface area (Å²) < 4.78 is 66.0. The van der Waals surface area contributed by atoms with Crippen LogP contribution in [-0.2, 0) is 16.4 Å². The number of benzene rings is 2. The van der Waals surface area contributed by atoms with E-state index >= 15 is 0 Å². The second-order valence-electron chi connectivity index (χ2n) is 6.53. The third-order valence-electron chi connectivity index (χ3n) is 4.46. The van der Waals surface area contributed by atoms with E-state index < -0.39 is 22.6 Å². The Hall–Kier alpha value is -1.03. The monoisotopic (exact) mass is 493 g/mol. The average Bonchev–Trinajstić information content (AvgIpc) is 3.04. The van der Waals surface area contributed by atoms with E-state index in [1.807, 2.05) is 24.3 Å². The lowest BCUT2D eigenvalue weighted by Gasteiger charge is -2.27. The van der Waals surface area contributed by atoms with E-state index in [1.165, 1.54) is 28.2 Å². The molecule has 0 N–H and O–H groups in total. The molecule has 1 atom stereocenters. The number of hydrogen-bond acceptors (Lipinski definition) is 3. The van der Waals surface area contributed by atoms with Gasteiger partial charge in [0.15, 0.2) is 0 Å². The lowest BCUT2D eigenvalue weighted by molar-refractivity contribution is -0.135. The fraction of sp³-hybridized carbons (Fsp3) is 0.368. The summed E-state index contributed by atoms with van der Waals surface area (Å²) in [4.78, 5) is 1.15. The molecule has 9 heteroatoms. The molecule has 0 fully saturated rings. The first-order chi connectivity index (χ1) is 13.2. The highest BCUT2D eigenvalue weighted by Gasteiger charge is 2.36. The molecule has 152 valence electrons. The number of halogens is 4. The molecule has 0 amide bonds. The van der Waals surface area contributed by atoms with Crippen LogP contribution in [0.25, 0.3) is 0 Å². The Kier molecular flexibility index (Phi) is 6.79. The number of nitrogens with zero attached hydrogens (tertiary/aromatic N) is 1. The number of alkyl halides is 3. The van der Waals surface area contributed by atoms with E-state index in [0.717, 1.165) is 14.9 Å². The minimum absolute atomic E-state index is 0.0557. The van der Waals surface area contributed by atoms with E-state index in [-0.39, 0.29) is 29.7 Å². The van der Waals surface area contributed by atoms with Crippen molar-refractivity contribution in [2.75, 3.05) is 6.54 Å². The van der Waals surface area contributed by atoms with Crippen LogP contribution in [0.5, 0.6) is 0 Å². The Labute approximate surface area is 175 Å². The first kappa shape index (κ1) is 21.7. The van der Waals surface area contributed by atoms with Gasteiger partial charge in [-0.3, -0.25) is 0 Å². The standard InChI is InChI=1S/C19H19BrF3NO2S2/c20-15-7-9-16(10-8-15)28(25,26)24(12-4-3-11-19(21,22)23)18-13-14-5-1-2-6-17(14)27-18/h1-2,5-10,18H,3-4,11-13H2. The van der Waals surface area contributed by atoms with Crippen LogP contribution in [0.1, 0.15) is 24.8 Å². The molecule has 0 aromatic heterocycles. The highest BCUT2D eigenvalue weighted by molar-refractivity contribution is 9.10. The topological polar surface area (TPSA) is 37.4 Å². The van der Waals surface area contributed by atoms with Crippen LogP contribution in [0.3, 0.4) is 0 Å². The molecule has 2 aromatic carbocycles. The molecule has 3 rings (SSSR count). The summed E-state index contributed by atoms with van der Waals surface area (Å²) in [6, 6.07) is 14.0. The van der Waals surface area contributed by atoms with Crippen molar-refractivity contribution in [2.24, 2.45) is 0 Å². The van der Waals surface area contributed by atoms with Gasteiger partial charge in [0.05, 0.1) is 10.3 Å². The fourth-order valence-corrected chi connectivity index (χ4v) is 6.55. The predicted molar refractivity (Wildman–Crippen MR) is 108 cm³/mol. The van der Waals surface area contributed by atoms with Crippen molar-refractivity contribution < 1.29 is 21.6 Å². The molecule has 0 aliphatic carbocycles. The molecule has 0 saturated carbocycles. The van der Waals surface area contributed by atoms with Crippen molar-refractivity contribution in [1.82, 2.24) is 4.31 Å². The van der Waals surface area contributed by atoms with Crippen molar-refractivity contribution in [1.29, 1.82) is 0 Å². The van der Waals surface area contributed by atoms with Crippen LogP contribution in [0.15, 0.2) is 62.8 Å². The van der Waals surface area contributed by atoms with Gasteiger partial charge < -0.3 is 0 Å². The van der Waals surface area contributed by atoms with Gasteiger partial charge >= 0.3 is 6.18 Å². The quantitative estimate of drug-likeness (QED) is 0.454. The molecular formula is C19H19BrF3NO2S2. The van der Waals surface area contributed by atoms with Crippen molar-refractivity contribution in [3.8, 4) is 0 Å².